The van der Waals surface area contributed by atoms with Crippen LogP contribution in [0.2, 0.25) is 10.0 Å². The molecule has 0 heterocycles. The topological polar surface area (TPSA) is 77.0 Å². The van der Waals surface area contributed by atoms with Crippen LogP contribution in [-0.4, -0.2) is 24.7 Å². The standard InChI is InChI=1S/C22H15BrCl2N2O4/c23-15-5-10-20(31-22(29)18-3-1-2-4-19(18)25)14(11-15)12-26-27-21(28)13-30-17-8-6-16(24)7-9-17/h1-12H,13H2,(H,27,28)/b26-12+. The molecule has 9 heteroatoms. The zero-order valence-electron chi connectivity index (χ0n) is 15.8. The molecule has 0 spiro atoms. The second-order valence-corrected chi connectivity index (χ2v) is 7.85. The maximum Gasteiger partial charge on any atom is 0.345 e. The number of carbonyl (C=O) groups excluding carboxylic acids is 2. The molecule has 0 saturated heterocycles. The van der Waals surface area contributed by atoms with Crippen molar-refractivity contribution >= 4 is 57.2 Å². The summed E-state index contributed by atoms with van der Waals surface area (Å²) in [4.78, 5) is 24.4. The Hall–Kier alpha value is -2.87. The first-order valence-electron chi connectivity index (χ1n) is 8.89. The van der Waals surface area contributed by atoms with Crippen LogP contribution in [0, 0.1) is 0 Å². The molecule has 0 aromatic heterocycles. The van der Waals surface area contributed by atoms with E-state index in [1.165, 1.54) is 6.21 Å². The Kier molecular flexibility index (Phi) is 8.06. The van der Waals surface area contributed by atoms with E-state index in [1.807, 2.05) is 0 Å². The van der Waals surface area contributed by atoms with E-state index in [9.17, 15) is 9.59 Å². The highest BCUT2D eigenvalue weighted by atomic mass is 79.9. The SMILES string of the molecule is O=C(COc1ccc(Cl)cc1)N/N=C/c1cc(Br)ccc1OC(=O)c1ccccc1Cl. The summed E-state index contributed by atoms with van der Waals surface area (Å²) in [5.74, 6) is -0.313. The minimum atomic E-state index is -0.608. The van der Waals surface area contributed by atoms with Crippen LogP contribution in [0.4, 0.5) is 0 Å². The molecule has 0 aliphatic rings. The lowest BCUT2D eigenvalue weighted by atomic mass is 10.2. The van der Waals surface area contributed by atoms with Gasteiger partial charge in [-0.1, -0.05) is 51.3 Å². The van der Waals surface area contributed by atoms with Gasteiger partial charge in [-0.15, -0.1) is 0 Å². The summed E-state index contributed by atoms with van der Waals surface area (Å²) in [7, 11) is 0. The second kappa shape index (κ2) is 10.9. The van der Waals surface area contributed by atoms with Crippen molar-refractivity contribution in [3.05, 3.63) is 92.4 Å². The largest absolute Gasteiger partial charge is 0.484 e. The summed E-state index contributed by atoms with van der Waals surface area (Å²) in [6, 6.07) is 18.2. The molecule has 3 rings (SSSR count). The Labute approximate surface area is 196 Å². The van der Waals surface area contributed by atoms with Crippen LogP contribution < -0.4 is 14.9 Å². The van der Waals surface area contributed by atoms with Gasteiger partial charge in [0.15, 0.2) is 6.61 Å². The van der Waals surface area contributed by atoms with E-state index in [0.29, 0.717) is 16.3 Å². The number of esters is 1. The van der Waals surface area contributed by atoms with Gasteiger partial charge in [0.05, 0.1) is 16.8 Å². The Balaban J connectivity index is 1.62. The Morgan fingerprint density at radius 3 is 2.52 bits per heavy atom. The molecule has 1 N–H and O–H groups in total. The van der Waals surface area contributed by atoms with Gasteiger partial charge in [0.25, 0.3) is 5.91 Å². The zero-order valence-corrected chi connectivity index (χ0v) is 18.9. The fourth-order valence-electron chi connectivity index (χ4n) is 2.38. The average Bonchev–Trinajstić information content (AvgIpc) is 2.75. The monoisotopic (exact) mass is 520 g/mol. The summed E-state index contributed by atoms with van der Waals surface area (Å²) in [5.41, 5.74) is 3.06. The first kappa shape index (κ1) is 22.8. The van der Waals surface area contributed by atoms with Crippen molar-refractivity contribution in [3.63, 3.8) is 0 Å². The summed E-state index contributed by atoms with van der Waals surface area (Å²) in [5, 5.41) is 4.76. The highest BCUT2D eigenvalue weighted by Gasteiger charge is 2.14. The lowest BCUT2D eigenvalue weighted by molar-refractivity contribution is -0.123. The highest BCUT2D eigenvalue weighted by Crippen LogP contribution is 2.24. The molecule has 6 nitrogen and oxygen atoms in total. The Morgan fingerprint density at radius 2 is 1.77 bits per heavy atom. The number of amides is 1. The first-order valence-corrected chi connectivity index (χ1v) is 10.4. The van der Waals surface area contributed by atoms with Crippen LogP contribution in [0.15, 0.2) is 76.3 Å². The van der Waals surface area contributed by atoms with Crippen LogP contribution in [0.5, 0.6) is 11.5 Å². The summed E-state index contributed by atoms with van der Waals surface area (Å²) in [6.07, 6.45) is 1.36. The lowest BCUT2D eigenvalue weighted by Crippen LogP contribution is -2.24. The quantitative estimate of drug-likeness (QED) is 0.192. The van der Waals surface area contributed by atoms with Crippen LogP contribution >= 0.6 is 39.1 Å². The van der Waals surface area contributed by atoms with Gasteiger partial charge in [-0.2, -0.15) is 5.10 Å². The first-order chi connectivity index (χ1) is 14.9. The van der Waals surface area contributed by atoms with E-state index >= 15 is 0 Å². The minimum Gasteiger partial charge on any atom is -0.484 e. The number of carbonyl (C=O) groups is 2. The van der Waals surface area contributed by atoms with Gasteiger partial charge in [-0.25, -0.2) is 10.2 Å². The molecule has 1 amide bonds. The van der Waals surface area contributed by atoms with Crippen LogP contribution in [0.25, 0.3) is 0 Å². The van der Waals surface area contributed by atoms with Crippen LogP contribution in [0.3, 0.4) is 0 Å². The van der Waals surface area contributed by atoms with Crippen molar-refractivity contribution in [2.75, 3.05) is 6.61 Å². The number of nitrogens with zero attached hydrogens (tertiary/aromatic N) is 1. The number of hydrazone groups is 1. The number of benzene rings is 3. The second-order valence-electron chi connectivity index (χ2n) is 6.09. The molecule has 0 aliphatic heterocycles. The molecule has 0 radical (unpaired) electrons. The molecule has 3 aromatic rings. The van der Waals surface area contributed by atoms with Gasteiger partial charge in [0, 0.05) is 15.1 Å². The van der Waals surface area contributed by atoms with Crippen molar-refractivity contribution < 1.29 is 19.1 Å². The predicted octanol–water partition coefficient (Wildman–Crippen LogP) is 5.50. The van der Waals surface area contributed by atoms with Gasteiger partial charge >= 0.3 is 5.97 Å². The maximum absolute atomic E-state index is 12.4. The number of ether oxygens (including phenoxy) is 2. The molecule has 0 fully saturated rings. The molecular formula is C22H15BrCl2N2O4. The van der Waals surface area contributed by atoms with Gasteiger partial charge < -0.3 is 9.47 Å². The molecule has 0 atom stereocenters. The van der Waals surface area contributed by atoms with E-state index < -0.39 is 11.9 Å². The molecule has 158 valence electrons. The van der Waals surface area contributed by atoms with Gasteiger partial charge in [0.2, 0.25) is 0 Å². The minimum absolute atomic E-state index is 0.230. The lowest BCUT2D eigenvalue weighted by Gasteiger charge is -2.09. The molecule has 31 heavy (non-hydrogen) atoms. The number of hydrogen-bond acceptors (Lipinski definition) is 5. The fraction of sp³-hybridized carbons (Fsp3) is 0.0455. The summed E-state index contributed by atoms with van der Waals surface area (Å²) >= 11 is 15.2. The normalized spacial score (nSPS) is 10.7. The van der Waals surface area contributed by atoms with E-state index in [4.69, 9.17) is 32.7 Å². The summed E-state index contributed by atoms with van der Waals surface area (Å²) < 4.78 is 11.5. The molecule has 0 saturated carbocycles. The zero-order chi connectivity index (χ0) is 22.2. The molecule has 0 aliphatic carbocycles. The van der Waals surface area contributed by atoms with Crippen LogP contribution in [-0.2, 0) is 4.79 Å². The third kappa shape index (κ3) is 6.82. The van der Waals surface area contributed by atoms with Crippen molar-refractivity contribution in [2.24, 2.45) is 5.10 Å². The maximum atomic E-state index is 12.4. The average molecular weight is 522 g/mol. The highest BCUT2D eigenvalue weighted by molar-refractivity contribution is 9.10. The van der Waals surface area contributed by atoms with Crippen molar-refractivity contribution in [2.45, 2.75) is 0 Å². The van der Waals surface area contributed by atoms with Crippen molar-refractivity contribution in [1.82, 2.24) is 5.43 Å². The molecule has 3 aromatic carbocycles. The molecular weight excluding hydrogens is 507 g/mol. The fourth-order valence-corrected chi connectivity index (χ4v) is 3.10. The molecule has 0 bridgehead atoms. The Morgan fingerprint density at radius 1 is 1.03 bits per heavy atom. The van der Waals surface area contributed by atoms with E-state index in [1.54, 1.807) is 66.7 Å². The summed E-state index contributed by atoms with van der Waals surface area (Å²) in [6.45, 7) is -0.230. The smallest absolute Gasteiger partial charge is 0.345 e. The van der Waals surface area contributed by atoms with E-state index in [2.05, 4.69) is 26.5 Å². The third-order valence-electron chi connectivity index (χ3n) is 3.84. The Bertz CT molecular complexity index is 1120. The number of nitrogens with one attached hydrogen (secondary N) is 1. The third-order valence-corrected chi connectivity index (χ3v) is 4.92. The van der Waals surface area contributed by atoms with Crippen molar-refractivity contribution in [3.8, 4) is 11.5 Å². The van der Waals surface area contributed by atoms with Gasteiger partial charge in [-0.05, 0) is 54.6 Å². The van der Waals surface area contributed by atoms with Gasteiger partial charge in [0.1, 0.15) is 11.5 Å². The number of halogens is 3. The van der Waals surface area contributed by atoms with Crippen molar-refractivity contribution in [1.29, 1.82) is 0 Å². The van der Waals surface area contributed by atoms with E-state index in [-0.39, 0.29) is 22.9 Å². The van der Waals surface area contributed by atoms with E-state index in [0.717, 1.165) is 4.47 Å². The van der Waals surface area contributed by atoms with Gasteiger partial charge in [-0.3, -0.25) is 4.79 Å². The predicted molar refractivity (Wildman–Crippen MR) is 123 cm³/mol. The van der Waals surface area contributed by atoms with Crippen LogP contribution in [0.1, 0.15) is 15.9 Å². The molecule has 0 unspecified atom stereocenters. The number of hydrogen-bond donors (Lipinski definition) is 1. The number of rotatable bonds is 7.